The van der Waals surface area contributed by atoms with E-state index in [-0.39, 0.29) is 10.6 Å². The van der Waals surface area contributed by atoms with Crippen LogP contribution >= 0.6 is 0 Å². The number of nitro benzene ring substituents is 1. The predicted molar refractivity (Wildman–Crippen MR) is 76.6 cm³/mol. The number of anilines is 1. The molecule has 1 aromatic rings. The van der Waals surface area contributed by atoms with Crippen LogP contribution in [0.1, 0.15) is 13.8 Å². The summed E-state index contributed by atoms with van der Waals surface area (Å²) in [6.07, 6.45) is 0. The predicted octanol–water partition coefficient (Wildman–Crippen LogP) is 2.37. The van der Waals surface area contributed by atoms with E-state index in [1.807, 2.05) is 12.1 Å². The van der Waals surface area contributed by atoms with Crippen LogP contribution in [0.4, 0.5) is 11.4 Å². The van der Waals surface area contributed by atoms with Crippen molar-refractivity contribution < 1.29 is 4.92 Å². The van der Waals surface area contributed by atoms with Crippen molar-refractivity contribution in [3.8, 4) is 0 Å². The molecule has 0 amide bonds. The van der Waals surface area contributed by atoms with E-state index in [0.717, 1.165) is 38.4 Å². The van der Waals surface area contributed by atoms with Gasteiger partial charge in [0, 0.05) is 50.5 Å². The number of hydrogen-bond acceptors (Lipinski definition) is 4. The third-order valence-electron chi connectivity index (χ3n) is 3.42. The van der Waals surface area contributed by atoms with Gasteiger partial charge in [0.2, 0.25) is 0 Å². The summed E-state index contributed by atoms with van der Waals surface area (Å²) in [5, 5.41) is 10.6. The van der Waals surface area contributed by atoms with Crippen molar-refractivity contribution in [1.29, 1.82) is 0 Å². The quantitative estimate of drug-likeness (QED) is 0.618. The molecule has 5 heteroatoms. The summed E-state index contributed by atoms with van der Waals surface area (Å²) in [5.74, 6) is 0.700. The zero-order valence-corrected chi connectivity index (χ0v) is 11.6. The van der Waals surface area contributed by atoms with E-state index in [1.54, 1.807) is 12.1 Å². The summed E-state index contributed by atoms with van der Waals surface area (Å²) in [4.78, 5) is 15.0. The van der Waals surface area contributed by atoms with E-state index in [2.05, 4.69) is 23.6 Å². The van der Waals surface area contributed by atoms with Crippen LogP contribution in [-0.2, 0) is 0 Å². The number of piperazine rings is 1. The molecule has 1 aliphatic heterocycles. The first kappa shape index (κ1) is 13.8. The van der Waals surface area contributed by atoms with Crippen LogP contribution in [0.15, 0.2) is 24.3 Å². The highest BCUT2D eigenvalue weighted by atomic mass is 16.6. The highest BCUT2D eigenvalue weighted by Gasteiger charge is 2.18. The molecule has 0 aliphatic carbocycles. The van der Waals surface area contributed by atoms with Gasteiger partial charge in [-0.25, -0.2) is 0 Å². The molecule has 0 saturated carbocycles. The van der Waals surface area contributed by atoms with E-state index in [0.29, 0.717) is 5.92 Å². The average molecular weight is 263 g/mol. The van der Waals surface area contributed by atoms with E-state index in [4.69, 9.17) is 0 Å². The average Bonchev–Trinajstić information content (AvgIpc) is 2.39. The summed E-state index contributed by atoms with van der Waals surface area (Å²) in [6.45, 7) is 9.74. The van der Waals surface area contributed by atoms with Crippen LogP contribution < -0.4 is 4.90 Å². The fourth-order valence-corrected chi connectivity index (χ4v) is 2.49. The van der Waals surface area contributed by atoms with Crippen molar-refractivity contribution in [2.45, 2.75) is 13.8 Å². The van der Waals surface area contributed by atoms with Crippen LogP contribution in [0.25, 0.3) is 0 Å². The molecular formula is C14H21N3O2. The first-order valence-electron chi connectivity index (χ1n) is 6.78. The van der Waals surface area contributed by atoms with Gasteiger partial charge in [-0.05, 0) is 18.1 Å². The first-order valence-corrected chi connectivity index (χ1v) is 6.78. The Labute approximate surface area is 114 Å². The Kier molecular flexibility index (Phi) is 4.37. The topological polar surface area (TPSA) is 49.6 Å². The second kappa shape index (κ2) is 6.02. The van der Waals surface area contributed by atoms with Gasteiger partial charge < -0.3 is 4.90 Å². The van der Waals surface area contributed by atoms with E-state index < -0.39 is 0 Å². The van der Waals surface area contributed by atoms with Gasteiger partial charge in [0.25, 0.3) is 5.69 Å². The lowest BCUT2D eigenvalue weighted by Crippen LogP contribution is -2.47. The minimum atomic E-state index is -0.357. The van der Waals surface area contributed by atoms with Gasteiger partial charge in [0.1, 0.15) is 0 Å². The summed E-state index contributed by atoms with van der Waals surface area (Å²) in [5.41, 5.74) is 1.23. The number of nitrogens with zero attached hydrogens (tertiary/aromatic N) is 3. The molecule has 0 unspecified atom stereocenters. The Morgan fingerprint density at radius 3 is 2.21 bits per heavy atom. The molecule has 1 heterocycles. The second-order valence-corrected chi connectivity index (χ2v) is 5.46. The number of nitro groups is 1. The third kappa shape index (κ3) is 3.67. The molecule has 19 heavy (non-hydrogen) atoms. The van der Waals surface area contributed by atoms with E-state index in [9.17, 15) is 10.1 Å². The normalized spacial score (nSPS) is 16.9. The standard InChI is InChI=1S/C14H21N3O2/c1-12(2)11-15-7-9-16(10-8-15)13-3-5-14(6-4-13)17(18)19/h3-6,12H,7-11H2,1-2H3. The number of hydrogen-bond donors (Lipinski definition) is 0. The lowest BCUT2D eigenvalue weighted by Gasteiger charge is -2.36. The largest absolute Gasteiger partial charge is 0.369 e. The molecule has 0 aromatic heterocycles. The van der Waals surface area contributed by atoms with E-state index >= 15 is 0 Å². The van der Waals surface area contributed by atoms with Crippen molar-refractivity contribution in [2.75, 3.05) is 37.6 Å². The highest BCUT2D eigenvalue weighted by molar-refractivity contribution is 5.51. The summed E-state index contributed by atoms with van der Waals surface area (Å²) in [6, 6.07) is 6.85. The van der Waals surface area contributed by atoms with Crippen molar-refractivity contribution in [3.05, 3.63) is 34.4 Å². The molecule has 104 valence electrons. The van der Waals surface area contributed by atoms with Crippen LogP contribution in [0.2, 0.25) is 0 Å². The van der Waals surface area contributed by atoms with Crippen molar-refractivity contribution >= 4 is 11.4 Å². The maximum atomic E-state index is 10.6. The summed E-state index contributed by atoms with van der Waals surface area (Å²) in [7, 11) is 0. The van der Waals surface area contributed by atoms with Gasteiger partial charge in [0.05, 0.1) is 4.92 Å². The van der Waals surface area contributed by atoms with Crippen LogP contribution in [0.5, 0.6) is 0 Å². The minimum absolute atomic E-state index is 0.155. The van der Waals surface area contributed by atoms with Gasteiger partial charge in [-0.2, -0.15) is 0 Å². The summed E-state index contributed by atoms with van der Waals surface area (Å²) < 4.78 is 0. The minimum Gasteiger partial charge on any atom is -0.369 e. The van der Waals surface area contributed by atoms with Gasteiger partial charge in [-0.1, -0.05) is 13.8 Å². The van der Waals surface area contributed by atoms with E-state index in [1.165, 1.54) is 0 Å². The fraction of sp³-hybridized carbons (Fsp3) is 0.571. The zero-order valence-electron chi connectivity index (χ0n) is 11.6. The van der Waals surface area contributed by atoms with Crippen molar-refractivity contribution in [1.82, 2.24) is 4.90 Å². The van der Waals surface area contributed by atoms with Gasteiger partial charge in [-0.3, -0.25) is 15.0 Å². The molecular weight excluding hydrogens is 242 g/mol. The zero-order chi connectivity index (χ0) is 13.8. The third-order valence-corrected chi connectivity index (χ3v) is 3.42. The Balaban J connectivity index is 1.92. The van der Waals surface area contributed by atoms with Gasteiger partial charge in [-0.15, -0.1) is 0 Å². The molecule has 0 N–H and O–H groups in total. The fourth-order valence-electron chi connectivity index (χ4n) is 2.49. The molecule has 1 fully saturated rings. The first-order chi connectivity index (χ1) is 9.06. The molecule has 0 radical (unpaired) electrons. The van der Waals surface area contributed by atoms with Crippen LogP contribution in [0.3, 0.4) is 0 Å². The molecule has 0 atom stereocenters. The molecule has 5 nitrogen and oxygen atoms in total. The lowest BCUT2D eigenvalue weighted by atomic mass is 10.2. The Hall–Kier alpha value is -1.62. The smallest absolute Gasteiger partial charge is 0.269 e. The second-order valence-electron chi connectivity index (χ2n) is 5.46. The molecule has 2 rings (SSSR count). The molecule has 1 aliphatic rings. The lowest BCUT2D eigenvalue weighted by molar-refractivity contribution is -0.384. The Morgan fingerprint density at radius 2 is 1.74 bits per heavy atom. The van der Waals surface area contributed by atoms with Gasteiger partial charge in [0.15, 0.2) is 0 Å². The molecule has 0 spiro atoms. The summed E-state index contributed by atoms with van der Waals surface area (Å²) >= 11 is 0. The van der Waals surface area contributed by atoms with Crippen molar-refractivity contribution in [3.63, 3.8) is 0 Å². The Morgan fingerprint density at radius 1 is 1.16 bits per heavy atom. The SMILES string of the molecule is CC(C)CN1CCN(c2ccc([N+](=O)[O-])cc2)CC1. The maximum absolute atomic E-state index is 10.6. The number of non-ortho nitro benzene ring substituents is 1. The molecule has 1 saturated heterocycles. The Bertz CT molecular complexity index is 423. The van der Waals surface area contributed by atoms with Crippen molar-refractivity contribution in [2.24, 2.45) is 5.92 Å². The van der Waals surface area contributed by atoms with Crippen LogP contribution in [-0.4, -0.2) is 42.5 Å². The maximum Gasteiger partial charge on any atom is 0.269 e. The van der Waals surface area contributed by atoms with Gasteiger partial charge >= 0.3 is 0 Å². The number of rotatable bonds is 4. The number of benzene rings is 1. The molecule has 0 bridgehead atoms. The monoisotopic (exact) mass is 263 g/mol. The molecule has 1 aromatic carbocycles. The van der Waals surface area contributed by atoms with Crippen LogP contribution in [0, 0.1) is 16.0 Å². The highest BCUT2D eigenvalue weighted by Crippen LogP contribution is 2.20.